The minimum absolute atomic E-state index is 0.0209. The van der Waals surface area contributed by atoms with Gasteiger partial charge < -0.3 is 9.47 Å². The zero-order valence-corrected chi connectivity index (χ0v) is 15.1. The first-order valence-corrected chi connectivity index (χ1v) is 8.80. The molecule has 0 aliphatic rings. The molecule has 0 aromatic heterocycles. The molecular weight excluding hydrogens is 416 g/mol. The summed E-state index contributed by atoms with van der Waals surface area (Å²) in [5.41, 5.74) is -3.73. The Labute approximate surface area is 155 Å². The van der Waals surface area contributed by atoms with E-state index in [2.05, 4.69) is 0 Å². The predicted molar refractivity (Wildman–Crippen MR) is 86.8 cm³/mol. The van der Waals surface area contributed by atoms with Crippen molar-refractivity contribution in [2.75, 3.05) is 18.9 Å². The zero-order chi connectivity index (χ0) is 21.3. The van der Waals surface area contributed by atoms with Gasteiger partial charge in [-0.15, -0.1) is 0 Å². The van der Waals surface area contributed by atoms with Crippen molar-refractivity contribution < 1.29 is 44.2 Å². The van der Waals surface area contributed by atoms with E-state index in [9.17, 15) is 34.8 Å². The molecule has 1 N–H and O–H groups in total. The molecule has 0 spiro atoms. The van der Waals surface area contributed by atoms with Crippen molar-refractivity contribution in [1.82, 2.24) is 0 Å². The van der Waals surface area contributed by atoms with Crippen molar-refractivity contribution in [3.63, 3.8) is 0 Å². The third-order valence-electron chi connectivity index (χ3n) is 3.52. The van der Waals surface area contributed by atoms with Crippen LogP contribution in [0.15, 0.2) is 41.3 Å². The van der Waals surface area contributed by atoms with Gasteiger partial charge in [0.05, 0.1) is 35.9 Å². The number of sulfonamides is 1. The van der Waals surface area contributed by atoms with E-state index in [1.54, 1.807) is 0 Å². The van der Waals surface area contributed by atoms with E-state index in [0.717, 1.165) is 6.07 Å². The Bertz CT molecular complexity index is 938. The lowest BCUT2D eigenvalue weighted by Gasteiger charge is -2.16. The lowest BCUT2D eigenvalue weighted by molar-refractivity contribution is -0.143. The fourth-order valence-electron chi connectivity index (χ4n) is 2.18. The zero-order valence-electron chi connectivity index (χ0n) is 14.3. The Morgan fingerprint density at radius 3 is 1.79 bits per heavy atom. The van der Waals surface area contributed by atoms with Crippen LogP contribution in [-0.4, -0.2) is 22.6 Å². The van der Waals surface area contributed by atoms with Crippen molar-refractivity contribution in [2.45, 2.75) is 17.2 Å². The second-order valence-corrected chi connectivity index (χ2v) is 7.10. The summed E-state index contributed by atoms with van der Waals surface area (Å²) in [6, 6.07) is 3.96. The van der Waals surface area contributed by atoms with Gasteiger partial charge in [0.2, 0.25) is 0 Å². The van der Waals surface area contributed by atoms with Crippen molar-refractivity contribution in [3.8, 4) is 11.5 Å². The molecule has 154 valence electrons. The molecule has 0 bridgehead atoms. The minimum Gasteiger partial charge on any atom is -0.497 e. The molecule has 2 aromatic carbocycles. The Kier molecular flexibility index (Phi) is 5.74. The molecule has 0 amide bonds. The molecule has 12 heteroatoms. The number of hydrogen-bond acceptors (Lipinski definition) is 4. The summed E-state index contributed by atoms with van der Waals surface area (Å²) in [6.07, 6.45) is -10.4. The number of methoxy groups -OCH3 is 2. The monoisotopic (exact) mass is 429 g/mol. The molecule has 5 nitrogen and oxygen atoms in total. The van der Waals surface area contributed by atoms with Gasteiger partial charge in [-0.3, -0.25) is 4.72 Å². The summed E-state index contributed by atoms with van der Waals surface area (Å²) in [6.45, 7) is 0. The lowest BCUT2D eigenvalue weighted by Crippen LogP contribution is -2.18. The standard InChI is InChI=1S/C16H13F6NO4S/c1-26-11-3-4-14(27-2)13(8-11)23-28(24,25)12-6-9(15(17,18)19)5-10(7-12)16(20,21)22/h3-8,23H,1-2H3. The molecule has 0 fully saturated rings. The molecule has 28 heavy (non-hydrogen) atoms. The van der Waals surface area contributed by atoms with Gasteiger partial charge in [0, 0.05) is 6.07 Å². The van der Waals surface area contributed by atoms with Crippen LogP contribution in [0, 0.1) is 0 Å². The van der Waals surface area contributed by atoms with Crippen molar-refractivity contribution in [3.05, 3.63) is 47.5 Å². The van der Waals surface area contributed by atoms with Gasteiger partial charge >= 0.3 is 12.4 Å². The molecule has 0 atom stereocenters. The van der Waals surface area contributed by atoms with Crippen molar-refractivity contribution in [2.24, 2.45) is 0 Å². The van der Waals surface area contributed by atoms with Gasteiger partial charge in [-0.1, -0.05) is 0 Å². The number of anilines is 1. The van der Waals surface area contributed by atoms with Crippen LogP contribution in [0.3, 0.4) is 0 Å². The van der Waals surface area contributed by atoms with Crippen LogP contribution in [0.2, 0.25) is 0 Å². The number of nitrogens with one attached hydrogen (secondary N) is 1. The van der Waals surface area contributed by atoms with E-state index in [1.165, 1.54) is 26.4 Å². The normalized spacial score (nSPS) is 12.6. The fourth-order valence-corrected chi connectivity index (χ4v) is 3.31. The van der Waals surface area contributed by atoms with Gasteiger partial charge in [0.1, 0.15) is 11.5 Å². The maximum Gasteiger partial charge on any atom is 0.416 e. The third kappa shape index (κ3) is 4.80. The van der Waals surface area contributed by atoms with Crippen LogP contribution < -0.4 is 14.2 Å². The van der Waals surface area contributed by atoms with Crippen LogP contribution in [0.5, 0.6) is 11.5 Å². The van der Waals surface area contributed by atoms with Crippen molar-refractivity contribution in [1.29, 1.82) is 0 Å². The highest BCUT2D eigenvalue weighted by Gasteiger charge is 2.38. The molecule has 0 heterocycles. The first kappa shape index (κ1) is 21.7. The van der Waals surface area contributed by atoms with Crippen molar-refractivity contribution >= 4 is 15.7 Å². The molecule has 0 aliphatic heterocycles. The fraction of sp³-hybridized carbons (Fsp3) is 0.250. The van der Waals surface area contributed by atoms with E-state index in [0.29, 0.717) is 0 Å². The highest BCUT2D eigenvalue weighted by Crippen LogP contribution is 2.38. The third-order valence-corrected chi connectivity index (χ3v) is 4.87. The summed E-state index contributed by atoms with van der Waals surface area (Å²) in [5.74, 6) is 0.158. The highest BCUT2D eigenvalue weighted by molar-refractivity contribution is 7.92. The average Bonchev–Trinajstić information content (AvgIpc) is 2.59. The molecule has 0 saturated carbocycles. The Morgan fingerprint density at radius 2 is 1.36 bits per heavy atom. The Morgan fingerprint density at radius 1 is 0.821 bits per heavy atom. The smallest absolute Gasteiger partial charge is 0.416 e. The van der Waals surface area contributed by atoms with Gasteiger partial charge in [-0.25, -0.2) is 8.42 Å². The maximum atomic E-state index is 12.9. The number of ether oxygens (including phenoxy) is 2. The number of rotatable bonds is 5. The van der Waals surface area contributed by atoms with E-state index in [-0.39, 0.29) is 35.4 Å². The van der Waals surface area contributed by atoms with E-state index in [4.69, 9.17) is 9.47 Å². The first-order valence-electron chi connectivity index (χ1n) is 7.32. The van der Waals surface area contributed by atoms with Gasteiger partial charge in [0.15, 0.2) is 0 Å². The summed E-state index contributed by atoms with van der Waals surface area (Å²) >= 11 is 0. The summed E-state index contributed by atoms with van der Waals surface area (Å²) in [5, 5.41) is 0. The van der Waals surface area contributed by atoms with Crippen LogP contribution in [0.25, 0.3) is 0 Å². The summed E-state index contributed by atoms with van der Waals surface area (Å²) in [7, 11) is -2.34. The van der Waals surface area contributed by atoms with Crippen LogP contribution in [0.4, 0.5) is 32.0 Å². The minimum atomic E-state index is -5.18. The number of alkyl halides is 6. The maximum absolute atomic E-state index is 12.9. The highest BCUT2D eigenvalue weighted by atomic mass is 32.2. The van der Waals surface area contributed by atoms with Gasteiger partial charge in [0.25, 0.3) is 10.0 Å². The molecule has 0 unspecified atom stereocenters. The van der Waals surface area contributed by atoms with E-state index in [1.807, 2.05) is 4.72 Å². The Balaban J connectivity index is 2.60. The van der Waals surface area contributed by atoms with E-state index < -0.39 is 38.4 Å². The number of halogens is 6. The predicted octanol–water partition coefficient (Wildman–Crippen LogP) is 4.54. The van der Waals surface area contributed by atoms with Crippen LogP contribution >= 0.6 is 0 Å². The Hall–Kier alpha value is -2.63. The first-order chi connectivity index (χ1) is 12.8. The summed E-state index contributed by atoms with van der Waals surface area (Å²) in [4.78, 5) is -1.21. The molecule has 2 rings (SSSR count). The van der Waals surface area contributed by atoms with Crippen LogP contribution in [0.1, 0.15) is 11.1 Å². The number of benzene rings is 2. The molecule has 2 aromatic rings. The lowest BCUT2D eigenvalue weighted by atomic mass is 10.1. The summed E-state index contributed by atoms with van der Waals surface area (Å²) < 4.78 is 114. The SMILES string of the molecule is COc1ccc(OC)c(NS(=O)(=O)c2cc(C(F)(F)F)cc(C(F)(F)F)c2)c1. The van der Waals surface area contributed by atoms with Crippen LogP contribution in [-0.2, 0) is 22.4 Å². The van der Waals surface area contributed by atoms with E-state index >= 15 is 0 Å². The van der Waals surface area contributed by atoms with Gasteiger partial charge in [-0.2, -0.15) is 26.3 Å². The molecule has 0 radical (unpaired) electrons. The quantitative estimate of drug-likeness (QED) is 0.709. The van der Waals surface area contributed by atoms with Gasteiger partial charge in [-0.05, 0) is 30.3 Å². The average molecular weight is 429 g/mol. The largest absolute Gasteiger partial charge is 0.497 e. The second-order valence-electron chi connectivity index (χ2n) is 5.41. The topological polar surface area (TPSA) is 64.6 Å². The second kappa shape index (κ2) is 7.41. The number of hydrogen-bond donors (Lipinski definition) is 1. The molecular formula is C16H13F6NO4S. The molecule has 0 aliphatic carbocycles. The molecule has 0 saturated heterocycles.